The molecular formula is C13H27N3O. The molecular weight excluding hydrogens is 214 g/mol. The molecule has 0 radical (unpaired) electrons. The highest BCUT2D eigenvalue weighted by Crippen LogP contribution is 2.11. The molecule has 0 aromatic carbocycles. The lowest BCUT2D eigenvalue weighted by Gasteiger charge is -2.27. The van der Waals surface area contributed by atoms with Crippen LogP contribution in [0.2, 0.25) is 0 Å². The average Bonchev–Trinajstić information content (AvgIpc) is 2.37. The number of carbonyl (C=O) groups is 1. The fourth-order valence-electron chi connectivity index (χ4n) is 2.36. The Morgan fingerprint density at radius 3 is 2.47 bits per heavy atom. The van der Waals surface area contributed by atoms with Crippen molar-refractivity contribution in [1.29, 1.82) is 0 Å². The van der Waals surface area contributed by atoms with Crippen LogP contribution < -0.4 is 10.6 Å². The third-order valence-corrected chi connectivity index (χ3v) is 3.53. The van der Waals surface area contributed by atoms with Crippen molar-refractivity contribution in [3.63, 3.8) is 0 Å². The van der Waals surface area contributed by atoms with Crippen molar-refractivity contribution in [2.75, 3.05) is 32.7 Å². The van der Waals surface area contributed by atoms with E-state index in [4.69, 9.17) is 0 Å². The summed E-state index contributed by atoms with van der Waals surface area (Å²) in [6.07, 6.45) is 1.95. The molecule has 4 heteroatoms. The Kier molecular flexibility index (Phi) is 6.52. The van der Waals surface area contributed by atoms with Gasteiger partial charge in [0.05, 0.1) is 0 Å². The van der Waals surface area contributed by atoms with Gasteiger partial charge in [-0.05, 0) is 45.9 Å². The molecule has 100 valence electrons. The zero-order valence-electron chi connectivity index (χ0n) is 11.5. The van der Waals surface area contributed by atoms with E-state index >= 15 is 0 Å². The molecule has 0 spiro atoms. The summed E-state index contributed by atoms with van der Waals surface area (Å²) in [6.45, 7) is 11.4. The molecule has 1 unspecified atom stereocenters. The van der Waals surface area contributed by atoms with E-state index < -0.39 is 0 Å². The van der Waals surface area contributed by atoms with Crippen LogP contribution in [0.15, 0.2) is 0 Å². The predicted octanol–water partition coefficient (Wildman–Crippen LogP) is 0.833. The lowest BCUT2D eigenvalue weighted by molar-refractivity contribution is -0.126. The molecule has 1 aliphatic heterocycles. The first-order chi connectivity index (χ1) is 8.17. The van der Waals surface area contributed by atoms with Crippen LogP contribution in [-0.2, 0) is 4.79 Å². The molecule has 0 aliphatic carbocycles. The molecule has 0 aromatic rings. The van der Waals surface area contributed by atoms with Crippen LogP contribution in [0.3, 0.4) is 0 Å². The van der Waals surface area contributed by atoms with Crippen LogP contribution >= 0.6 is 0 Å². The molecule has 0 bridgehead atoms. The summed E-state index contributed by atoms with van der Waals surface area (Å²) in [5, 5.41) is 6.43. The minimum atomic E-state index is 0.218. The average molecular weight is 241 g/mol. The van der Waals surface area contributed by atoms with Crippen LogP contribution in [0.4, 0.5) is 0 Å². The molecule has 2 N–H and O–H groups in total. The van der Waals surface area contributed by atoms with Gasteiger partial charge in [-0.25, -0.2) is 0 Å². The van der Waals surface area contributed by atoms with Gasteiger partial charge in [0.1, 0.15) is 0 Å². The van der Waals surface area contributed by atoms with E-state index in [2.05, 4.69) is 36.3 Å². The minimum absolute atomic E-state index is 0.218. The molecule has 1 amide bonds. The summed E-state index contributed by atoms with van der Waals surface area (Å²) in [5.74, 6) is 0.460. The number of amides is 1. The maximum Gasteiger partial charge on any atom is 0.223 e. The summed E-state index contributed by atoms with van der Waals surface area (Å²) < 4.78 is 0. The van der Waals surface area contributed by atoms with Gasteiger partial charge in [-0.3, -0.25) is 4.79 Å². The zero-order chi connectivity index (χ0) is 12.7. The third kappa shape index (κ3) is 5.04. The van der Waals surface area contributed by atoms with Crippen molar-refractivity contribution >= 4 is 5.91 Å². The molecule has 17 heavy (non-hydrogen) atoms. The maximum atomic E-state index is 12.0. The number of carbonyl (C=O) groups excluding carboxylic acids is 1. The van der Waals surface area contributed by atoms with E-state index in [1.54, 1.807) is 0 Å². The first kappa shape index (κ1) is 14.5. The number of nitrogens with one attached hydrogen (secondary N) is 2. The van der Waals surface area contributed by atoms with E-state index in [1.807, 2.05) is 0 Å². The van der Waals surface area contributed by atoms with Gasteiger partial charge in [-0.1, -0.05) is 13.8 Å². The number of likely N-dealkylation sites (N-methyl/N-ethyl adjacent to an activating group) is 1. The van der Waals surface area contributed by atoms with Gasteiger partial charge >= 0.3 is 0 Å². The SMILES string of the molecule is CCN(CC)CC(C)NC(=O)C1CCNCC1. The van der Waals surface area contributed by atoms with Crippen molar-refractivity contribution < 1.29 is 4.79 Å². The Labute approximate surface area is 105 Å². The van der Waals surface area contributed by atoms with Gasteiger partial charge < -0.3 is 15.5 Å². The number of piperidine rings is 1. The highest BCUT2D eigenvalue weighted by atomic mass is 16.1. The molecule has 0 aromatic heterocycles. The Hall–Kier alpha value is -0.610. The normalized spacial score (nSPS) is 19.3. The van der Waals surface area contributed by atoms with Crippen LogP contribution in [0.25, 0.3) is 0 Å². The number of hydrogen-bond donors (Lipinski definition) is 2. The van der Waals surface area contributed by atoms with Crippen molar-refractivity contribution in [2.24, 2.45) is 5.92 Å². The second-order valence-electron chi connectivity index (χ2n) is 4.92. The molecule has 1 heterocycles. The van der Waals surface area contributed by atoms with Gasteiger partial charge in [0, 0.05) is 18.5 Å². The summed E-state index contributed by atoms with van der Waals surface area (Å²) >= 11 is 0. The highest BCUT2D eigenvalue weighted by molar-refractivity contribution is 5.79. The molecule has 1 rings (SSSR count). The second kappa shape index (κ2) is 7.67. The fraction of sp³-hybridized carbons (Fsp3) is 0.923. The molecule has 1 saturated heterocycles. The Balaban J connectivity index is 2.29. The first-order valence-electron chi connectivity index (χ1n) is 6.90. The number of hydrogen-bond acceptors (Lipinski definition) is 3. The smallest absolute Gasteiger partial charge is 0.223 e. The van der Waals surface area contributed by atoms with Gasteiger partial charge in [0.25, 0.3) is 0 Å². The van der Waals surface area contributed by atoms with Crippen LogP contribution in [0.5, 0.6) is 0 Å². The third-order valence-electron chi connectivity index (χ3n) is 3.53. The van der Waals surface area contributed by atoms with Gasteiger partial charge in [0.15, 0.2) is 0 Å². The van der Waals surface area contributed by atoms with E-state index in [9.17, 15) is 4.79 Å². The monoisotopic (exact) mass is 241 g/mol. The van der Waals surface area contributed by atoms with Crippen LogP contribution in [0.1, 0.15) is 33.6 Å². The fourth-order valence-corrected chi connectivity index (χ4v) is 2.36. The van der Waals surface area contributed by atoms with E-state index in [-0.39, 0.29) is 17.9 Å². The lowest BCUT2D eigenvalue weighted by Crippen LogP contribution is -2.46. The van der Waals surface area contributed by atoms with E-state index in [0.717, 1.165) is 45.6 Å². The molecule has 1 fully saturated rings. The quantitative estimate of drug-likeness (QED) is 0.724. The lowest BCUT2D eigenvalue weighted by atomic mass is 9.97. The molecule has 0 saturated carbocycles. The predicted molar refractivity (Wildman–Crippen MR) is 71.0 cm³/mol. The standard InChI is InChI=1S/C13H27N3O/c1-4-16(5-2)10-11(3)15-13(17)12-6-8-14-9-7-12/h11-12,14H,4-10H2,1-3H3,(H,15,17). The summed E-state index contributed by atoms with van der Waals surface area (Å²) in [4.78, 5) is 14.3. The highest BCUT2D eigenvalue weighted by Gasteiger charge is 2.22. The molecule has 4 nitrogen and oxygen atoms in total. The van der Waals surface area contributed by atoms with Crippen molar-refractivity contribution in [2.45, 2.75) is 39.7 Å². The second-order valence-corrected chi connectivity index (χ2v) is 4.92. The molecule has 1 atom stereocenters. The van der Waals surface area contributed by atoms with E-state index in [1.165, 1.54) is 0 Å². The maximum absolute atomic E-state index is 12.0. The molecule has 1 aliphatic rings. The van der Waals surface area contributed by atoms with Crippen molar-refractivity contribution in [3.05, 3.63) is 0 Å². The van der Waals surface area contributed by atoms with Gasteiger partial charge in [-0.2, -0.15) is 0 Å². The van der Waals surface area contributed by atoms with Gasteiger partial charge in [-0.15, -0.1) is 0 Å². The zero-order valence-corrected chi connectivity index (χ0v) is 11.5. The summed E-state index contributed by atoms with van der Waals surface area (Å²) in [7, 11) is 0. The van der Waals surface area contributed by atoms with Crippen molar-refractivity contribution in [3.8, 4) is 0 Å². The van der Waals surface area contributed by atoms with Gasteiger partial charge in [0.2, 0.25) is 5.91 Å². The number of rotatable bonds is 6. The Morgan fingerprint density at radius 2 is 1.94 bits per heavy atom. The van der Waals surface area contributed by atoms with Crippen molar-refractivity contribution in [1.82, 2.24) is 15.5 Å². The van der Waals surface area contributed by atoms with E-state index in [0.29, 0.717) is 0 Å². The van der Waals surface area contributed by atoms with Crippen LogP contribution in [0, 0.1) is 5.92 Å². The Morgan fingerprint density at radius 1 is 1.35 bits per heavy atom. The summed E-state index contributed by atoms with van der Waals surface area (Å²) in [5.41, 5.74) is 0. The number of nitrogens with zero attached hydrogens (tertiary/aromatic N) is 1. The first-order valence-corrected chi connectivity index (χ1v) is 6.90. The minimum Gasteiger partial charge on any atom is -0.352 e. The largest absolute Gasteiger partial charge is 0.352 e. The Bertz CT molecular complexity index is 223. The summed E-state index contributed by atoms with van der Waals surface area (Å²) in [6, 6.07) is 0.247. The topological polar surface area (TPSA) is 44.4 Å². The van der Waals surface area contributed by atoms with Crippen LogP contribution in [-0.4, -0.2) is 49.6 Å².